The van der Waals surface area contributed by atoms with Crippen molar-refractivity contribution in [3.63, 3.8) is 0 Å². The summed E-state index contributed by atoms with van der Waals surface area (Å²) in [7, 11) is 0.291. The molecule has 0 aliphatic carbocycles. The lowest BCUT2D eigenvalue weighted by Gasteiger charge is -2.36. The highest BCUT2D eigenvalue weighted by molar-refractivity contribution is 7.89. The molecule has 1 amide bonds. The predicted octanol–water partition coefficient (Wildman–Crippen LogP) is 1.27. The maximum absolute atomic E-state index is 12.9. The topological polar surface area (TPSA) is 104 Å². The number of carbonyl (C=O) groups is 2. The second kappa shape index (κ2) is 7.63. The standard InChI is InChI=1S/C17H24N2O6S/c1-11-7-8-19(13(9-11)17(21)22)16(20)12-5-6-14(25-4)15(10-12)26(23,24)18(2)3/h5-6,10-11,13H,7-9H2,1-4H3,(H,21,22). The number of likely N-dealkylation sites (tertiary alicyclic amines) is 1. The zero-order valence-corrected chi connectivity index (χ0v) is 16.1. The summed E-state index contributed by atoms with van der Waals surface area (Å²) in [6.07, 6.45) is 1.08. The average Bonchev–Trinajstić information content (AvgIpc) is 2.60. The molecule has 0 bridgehead atoms. The average molecular weight is 384 g/mol. The van der Waals surface area contributed by atoms with Crippen molar-refractivity contribution >= 4 is 21.9 Å². The highest BCUT2D eigenvalue weighted by Crippen LogP contribution is 2.29. The Bertz CT molecular complexity index is 805. The van der Waals surface area contributed by atoms with Gasteiger partial charge in [0.2, 0.25) is 10.0 Å². The molecule has 2 rings (SSSR count). The van der Waals surface area contributed by atoms with Crippen LogP contribution in [0.2, 0.25) is 0 Å². The molecule has 0 aromatic heterocycles. The Balaban J connectivity index is 2.45. The maximum atomic E-state index is 12.9. The number of methoxy groups -OCH3 is 1. The van der Waals surface area contributed by atoms with Gasteiger partial charge in [0.15, 0.2) is 0 Å². The number of ether oxygens (including phenoxy) is 1. The zero-order valence-electron chi connectivity index (χ0n) is 15.3. The van der Waals surface area contributed by atoms with Crippen molar-refractivity contribution in [3.8, 4) is 5.75 Å². The van der Waals surface area contributed by atoms with Crippen molar-refractivity contribution < 1.29 is 27.9 Å². The van der Waals surface area contributed by atoms with E-state index in [9.17, 15) is 23.1 Å². The molecule has 1 aromatic rings. The van der Waals surface area contributed by atoms with Gasteiger partial charge < -0.3 is 14.7 Å². The third-order valence-electron chi connectivity index (χ3n) is 4.58. The molecule has 2 unspecified atom stereocenters. The van der Waals surface area contributed by atoms with Crippen LogP contribution in [0.3, 0.4) is 0 Å². The van der Waals surface area contributed by atoms with Crippen LogP contribution in [0.4, 0.5) is 0 Å². The molecule has 0 radical (unpaired) electrons. The number of benzene rings is 1. The predicted molar refractivity (Wildman–Crippen MR) is 94.7 cm³/mol. The number of carboxylic acid groups (broad SMARTS) is 1. The van der Waals surface area contributed by atoms with Crippen LogP contribution >= 0.6 is 0 Å². The van der Waals surface area contributed by atoms with Gasteiger partial charge in [-0.3, -0.25) is 4.79 Å². The summed E-state index contributed by atoms with van der Waals surface area (Å²) in [6.45, 7) is 2.27. The van der Waals surface area contributed by atoms with Gasteiger partial charge in [0.25, 0.3) is 5.91 Å². The van der Waals surface area contributed by atoms with Gasteiger partial charge >= 0.3 is 5.97 Å². The van der Waals surface area contributed by atoms with Crippen LogP contribution in [0, 0.1) is 5.92 Å². The first-order valence-corrected chi connectivity index (χ1v) is 9.68. The molecule has 1 aliphatic rings. The quantitative estimate of drug-likeness (QED) is 0.820. The number of aliphatic carboxylic acids is 1. The summed E-state index contributed by atoms with van der Waals surface area (Å²) < 4.78 is 31.2. The summed E-state index contributed by atoms with van der Waals surface area (Å²) in [5.41, 5.74) is 0.118. The van der Waals surface area contributed by atoms with Crippen molar-refractivity contribution in [3.05, 3.63) is 23.8 Å². The summed E-state index contributed by atoms with van der Waals surface area (Å²) >= 11 is 0. The first-order chi connectivity index (χ1) is 12.1. The van der Waals surface area contributed by atoms with Gasteiger partial charge in [-0.15, -0.1) is 0 Å². The molecule has 1 N–H and O–H groups in total. The van der Waals surface area contributed by atoms with Crippen molar-refractivity contribution in [1.82, 2.24) is 9.21 Å². The number of hydrogen-bond acceptors (Lipinski definition) is 5. The molecule has 1 aromatic carbocycles. The van der Waals surface area contributed by atoms with Gasteiger partial charge in [-0.05, 0) is 37.0 Å². The number of rotatable bonds is 5. The fraction of sp³-hybridized carbons (Fsp3) is 0.529. The van der Waals surface area contributed by atoms with Crippen molar-refractivity contribution in [2.75, 3.05) is 27.7 Å². The van der Waals surface area contributed by atoms with Crippen LogP contribution in [0.25, 0.3) is 0 Å². The Morgan fingerprint density at radius 1 is 1.31 bits per heavy atom. The molecule has 0 spiro atoms. The number of sulfonamides is 1. The van der Waals surface area contributed by atoms with E-state index in [4.69, 9.17) is 4.74 Å². The van der Waals surface area contributed by atoms with Gasteiger partial charge in [-0.2, -0.15) is 0 Å². The van der Waals surface area contributed by atoms with Gasteiger partial charge in [0.1, 0.15) is 16.7 Å². The van der Waals surface area contributed by atoms with Crippen LogP contribution in [0.1, 0.15) is 30.1 Å². The fourth-order valence-electron chi connectivity index (χ4n) is 2.99. The first-order valence-electron chi connectivity index (χ1n) is 8.24. The van der Waals surface area contributed by atoms with Crippen molar-refractivity contribution in [1.29, 1.82) is 0 Å². The molecule has 0 saturated carbocycles. The second-order valence-corrected chi connectivity index (χ2v) is 8.76. The summed E-state index contributed by atoms with van der Waals surface area (Å²) in [6, 6.07) is 3.19. The summed E-state index contributed by atoms with van der Waals surface area (Å²) in [5, 5.41) is 9.44. The van der Waals surface area contributed by atoms with Gasteiger partial charge in [0.05, 0.1) is 7.11 Å². The highest BCUT2D eigenvalue weighted by Gasteiger charge is 2.35. The molecule has 144 valence electrons. The highest BCUT2D eigenvalue weighted by atomic mass is 32.2. The van der Waals surface area contributed by atoms with Crippen LogP contribution in [0.15, 0.2) is 23.1 Å². The Kier molecular flexibility index (Phi) is 5.92. The molecule has 1 saturated heterocycles. The van der Waals surface area contributed by atoms with Crippen LogP contribution < -0.4 is 4.74 Å². The molecule has 9 heteroatoms. The SMILES string of the molecule is COc1ccc(C(=O)N2CCC(C)CC2C(=O)O)cc1S(=O)(=O)N(C)C. The summed E-state index contributed by atoms with van der Waals surface area (Å²) in [4.78, 5) is 25.6. The lowest BCUT2D eigenvalue weighted by molar-refractivity contribution is -0.144. The number of carbonyl (C=O) groups excluding carboxylic acids is 1. The molecule has 8 nitrogen and oxygen atoms in total. The molecule has 26 heavy (non-hydrogen) atoms. The van der Waals surface area contributed by atoms with E-state index in [0.717, 1.165) is 4.31 Å². The fourth-order valence-corrected chi connectivity index (χ4v) is 4.07. The van der Waals surface area contributed by atoms with Gasteiger partial charge in [-0.25, -0.2) is 17.5 Å². The number of carboxylic acids is 1. The number of hydrogen-bond donors (Lipinski definition) is 1. The minimum atomic E-state index is -3.82. The molecular weight excluding hydrogens is 360 g/mol. The van der Waals surface area contributed by atoms with Crippen LogP contribution in [-0.2, 0) is 14.8 Å². The van der Waals surface area contributed by atoms with Crippen LogP contribution in [0.5, 0.6) is 5.75 Å². The third kappa shape index (κ3) is 3.83. The lowest BCUT2D eigenvalue weighted by Crippen LogP contribution is -2.49. The van der Waals surface area contributed by atoms with E-state index in [2.05, 4.69) is 0 Å². The Morgan fingerprint density at radius 3 is 2.50 bits per heavy atom. The molecular formula is C17H24N2O6S. The minimum Gasteiger partial charge on any atom is -0.495 e. The largest absolute Gasteiger partial charge is 0.495 e. The Morgan fingerprint density at radius 2 is 1.96 bits per heavy atom. The van der Waals surface area contributed by atoms with Crippen LogP contribution in [-0.4, -0.2) is 68.4 Å². The van der Waals surface area contributed by atoms with Gasteiger partial charge in [0, 0.05) is 26.2 Å². The molecule has 1 fully saturated rings. The summed E-state index contributed by atoms with van der Waals surface area (Å²) in [5.74, 6) is -1.22. The number of amides is 1. The third-order valence-corrected chi connectivity index (χ3v) is 6.42. The van der Waals surface area contributed by atoms with E-state index in [0.29, 0.717) is 19.4 Å². The minimum absolute atomic E-state index is 0.118. The van der Waals surface area contributed by atoms with E-state index >= 15 is 0 Å². The molecule has 1 aliphatic heterocycles. The van der Waals surface area contributed by atoms with Crippen molar-refractivity contribution in [2.45, 2.75) is 30.7 Å². The van der Waals surface area contributed by atoms with E-state index in [1.807, 2.05) is 6.92 Å². The Hall–Kier alpha value is -2.13. The number of nitrogens with zero attached hydrogens (tertiary/aromatic N) is 2. The van der Waals surface area contributed by atoms with E-state index < -0.39 is 27.9 Å². The van der Waals surface area contributed by atoms with E-state index in [1.54, 1.807) is 0 Å². The van der Waals surface area contributed by atoms with Crippen molar-refractivity contribution in [2.24, 2.45) is 5.92 Å². The smallest absolute Gasteiger partial charge is 0.326 e. The normalized spacial score (nSPS) is 20.9. The molecule has 2 atom stereocenters. The number of piperidine rings is 1. The van der Waals surface area contributed by atoms with E-state index in [1.165, 1.54) is 44.3 Å². The maximum Gasteiger partial charge on any atom is 0.326 e. The zero-order chi connectivity index (χ0) is 19.6. The second-order valence-electron chi connectivity index (χ2n) is 6.64. The monoisotopic (exact) mass is 384 g/mol. The van der Waals surface area contributed by atoms with Gasteiger partial charge in [-0.1, -0.05) is 6.92 Å². The molecule has 1 heterocycles. The lowest BCUT2D eigenvalue weighted by atomic mass is 9.92. The first kappa shape index (κ1) is 20.2. The Labute approximate surface area is 153 Å². The van der Waals surface area contributed by atoms with E-state index in [-0.39, 0.29) is 22.1 Å².